The molecule has 44 heavy (non-hydrogen) atoms. The number of alkyl halides is 3. The van der Waals surface area contributed by atoms with Gasteiger partial charge in [-0.25, -0.2) is 19.6 Å². The molecule has 0 bridgehead atoms. The van der Waals surface area contributed by atoms with E-state index in [1.165, 1.54) is 30.6 Å². The molecular formula is C30H34F3N7O3S. The number of carbonyl (C=O) groups is 2. The monoisotopic (exact) mass is 629 g/mol. The largest absolute Gasteiger partial charge is 0.444 e. The number of thiazole rings is 1. The number of amides is 3. The van der Waals surface area contributed by atoms with Crippen molar-refractivity contribution in [1.82, 2.24) is 19.8 Å². The van der Waals surface area contributed by atoms with E-state index in [4.69, 9.17) is 4.74 Å². The highest BCUT2D eigenvalue weighted by atomic mass is 32.1. The van der Waals surface area contributed by atoms with Gasteiger partial charge in [0.15, 0.2) is 5.13 Å². The normalized spacial score (nSPS) is 14.3. The molecule has 0 aliphatic carbocycles. The van der Waals surface area contributed by atoms with Gasteiger partial charge in [-0.15, -0.1) is 0 Å². The third-order valence-corrected chi connectivity index (χ3v) is 7.25. The van der Waals surface area contributed by atoms with Crippen LogP contribution in [0.3, 0.4) is 0 Å². The Kier molecular flexibility index (Phi) is 10.5. The summed E-state index contributed by atoms with van der Waals surface area (Å²) >= 11 is 1.16. The molecule has 2 aromatic heterocycles. The number of benzene rings is 1. The summed E-state index contributed by atoms with van der Waals surface area (Å²) in [6.07, 6.45) is -2.25. The van der Waals surface area contributed by atoms with Crippen molar-refractivity contribution in [3.63, 3.8) is 0 Å². The summed E-state index contributed by atoms with van der Waals surface area (Å²) in [5, 5.41) is 7.87. The molecule has 1 aliphatic heterocycles. The van der Waals surface area contributed by atoms with Crippen LogP contribution < -0.4 is 16.0 Å². The highest BCUT2D eigenvalue weighted by molar-refractivity contribution is 7.16. The molecule has 1 aliphatic rings. The molecule has 0 radical (unpaired) electrons. The Morgan fingerprint density at radius 2 is 1.70 bits per heavy atom. The van der Waals surface area contributed by atoms with Crippen molar-refractivity contribution in [2.75, 3.05) is 48.7 Å². The maximum Gasteiger partial charge on any atom is 0.416 e. The van der Waals surface area contributed by atoms with Crippen molar-refractivity contribution in [3.05, 3.63) is 64.3 Å². The highest BCUT2D eigenvalue weighted by Crippen LogP contribution is 2.34. The van der Waals surface area contributed by atoms with Crippen LogP contribution in [0.5, 0.6) is 0 Å². The lowest BCUT2D eigenvalue weighted by molar-refractivity contribution is -0.138. The molecule has 4 rings (SSSR count). The number of nitrogens with zero attached hydrogens (tertiary/aromatic N) is 4. The van der Waals surface area contributed by atoms with Gasteiger partial charge in [0.1, 0.15) is 11.4 Å². The number of pyridine rings is 1. The average Bonchev–Trinajstić information content (AvgIpc) is 3.38. The van der Waals surface area contributed by atoms with E-state index in [2.05, 4.69) is 49.6 Å². The molecule has 14 heteroatoms. The van der Waals surface area contributed by atoms with Gasteiger partial charge in [-0.2, -0.15) is 13.2 Å². The molecule has 3 N–H and O–H groups in total. The van der Waals surface area contributed by atoms with Crippen LogP contribution in [0.15, 0.2) is 42.7 Å². The number of nitrogens with one attached hydrogen (secondary N) is 3. The number of aromatic nitrogens is 2. The fourth-order valence-corrected chi connectivity index (χ4v) is 4.99. The summed E-state index contributed by atoms with van der Waals surface area (Å²) in [6, 6.07) is 6.23. The zero-order valence-electron chi connectivity index (χ0n) is 24.8. The number of likely N-dealkylation sites (N-methyl/N-ethyl adjacent to an activating group) is 1. The first kappa shape index (κ1) is 32.7. The Labute approximate surface area is 258 Å². The molecule has 1 saturated heterocycles. The predicted molar refractivity (Wildman–Crippen MR) is 164 cm³/mol. The van der Waals surface area contributed by atoms with Crippen LogP contribution in [0.1, 0.15) is 49.3 Å². The zero-order chi connectivity index (χ0) is 31.9. The number of ether oxygens (including phenoxy) is 1. The maximum atomic E-state index is 13.9. The molecule has 0 unspecified atom stereocenters. The van der Waals surface area contributed by atoms with Gasteiger partial charge in [-0.3, -0.25) is 15.5 Å². The Hall–Kier alpha value is -4.19. The number of hydrogen-bond acceptors (Lipinski definition) is 8. The van der Waals surface area contributed by atoms with Crippen LogP contribution in [-0.2, 0) is 17.5 Å². The SMILES string of the molecule is CCN1CCN(Cc2ccc(NC(=O)Nc3cc(C#Cc4cnc(NC(=O)OC(C)(C)C)s4)ccn3)cc2C(F)(F)F)CC1. The van der Waals surface area contributed by atoms with Crippen molar-refractivity contribution < 1.29 is 27.5 Å². The average molecular weight is 630 g/mol. The lowest BCUT2D eigenvalue weighted by Crippen LogP contribution is -2.45. The Morgan fingerprint density at radius 3 is 2.39 bits per heavy atom. The van der Waals surface area contributed by atoms with Crippen LogP contribution in [0, 0.1) is 11.8 Å². The van der Waals surface area contributed by atoms with Gasteiger partial charge in [0.05, 0.1) is 16.6 Å². The maximum absolute atomic E-state index is 13.9. The minimum Gasteiger partial charge on any atom is -0.444 e. The summed E-state index contributed by atoms with van der Waals surface area (Å²) in [7, 11) is 0. The number of halogens is 3. The van der Waals surface area contributed by atoms with Crippen molar-refractivity contribution in [3.8, 4) is 11.8 Å². The topological polar surface area (TPSA) is 112 Å². The second-order valence-corrected chi connectivity index (χ2v) is 12.0. The van der Waals surface area contributed by atoms with Gasteiger partial charge in [0, 0.05) is 50.2 Å². The van der Waals surface area contributed by atoms with Gasteiger partial charge in [-0.05, 0) is 63.1 Å². The smallest absolute Gasteiger partial charge is 0.416 e. The third kappa shape index (κ3) is 9.94. The first-order valence-electron chi connectivity index (χ1n) is 13.9. The van der Waals surface area contributed by atoms with Gasteiger partial charge in [0.2, 0.25) is 0 Å². The van der Waals surface area contributed by atoms with E-state index < -0.39 is 29.5 Å². The van der Waals surface area contributed by atoms with E-state index in [9.17, 15) is 22.8 Å². The quantitative estimate of drug-likeness (QED) is 0.283. The number of hydrogen-bond donors (Lipinski definition) is 3. The van der Waals surface area contributed by atoms with Crippen LogP contribution in [0.2, 0.25) is 0 Å². The van der Waals surface area contributed by atoms with Crippen molar-refractivity contribution in [2.45, 2.75) is 46.0 Å². The van der Waals surface area contributed by atoms with E-state index in [-0.39, 0.29) is 23.6 Å². The van der Waals surface area contributed by atoms with Crippen LogP contribution in [0.4, 0.5) is 39.4 Å². The van der Waals surface area contributed by atoms with Crippen molar-refractivity contribution >= 4 is 40.1 Å². The fraction of sp³-hybridized carbons (Fsp3) is 0.400. The van der Waals surface area contributed by atoms with E-state index >= 15 is 0 Å². The Bertz CT molecular complexity index is 1530. The second kappa shape index (κ2) is 14.1. The minimum atomic E-state index is -4.58. The van der Waals surface area contributed by atoms with Gasteiger partial charge in [0.25, 0.3) is 0 Å². The third-order valence-electron chi connectivity index (χ3n) is 6.42. The number of anilines is 3. The van der Waals surface area contributed by atoms with Crippen LogP contribution >= 0.6 is 11.3 Å². The number of urea groups is 1. The summed E-state index contributed by atoms with van der Waals surface area (Å²) < 4.78 is 47.0. The van der Waals surface area contributed by atoms with E-state index in [0.29, 0.717) is 28.7 Å². The highest BCUT2D eigenvalue weighted by Gasteiger charge is 2.34. The zero-order valence-corrected chi connectivity index (χ0v) is 25.7. The summed E-state index contributed by atoms with van der Waals surface area (Å²) in [6.45, 7) is 11.5. The van der Waals surface area contributed by atoms with Crippen LogP contribution in [-0.4, -0.2) is 70.2 Å². The lowest BCUT2D eigenvalue weighted by Gasteiger charge is -2.34. The minimum absolute atomic E-state index is 0.00585. The Morgan fingerprint density at radius 1 is 0.977 bits per heavy atom. The molecule has 3 aromatic rings. The standard InChI is InChI=1S/C30H34F3N7O3S/c1-5-39-12-14-40(15-13-39)19-21-7-8-22(17-24(21)30(31,32)33)36-26(41)37-25-16-20(10-11-34-25)6-9-23-18-35-27(44-23)38-28(42)43-29(2,3)4/h7-8,10-11,16-18H,5,12-15,19H2,1-4H3,(H,35,38,42)(H2,34,36,37,41). The molecule has 3 amide bonds. The molecule has 0 atom stereocenters. The van der Waals surface area contributed by atoms with Gasteiger partial charge < -0.3 is 15.0 Å². The summed E-state index contributed by atoms with van der Waals surface area (Å²) in [4.78, 5) is 37.6. The number of rotatable bonds is 6. The van der Waals surface area contributed by atoms with E-state index in [1.807, 2.05) is 4.90 Å². The molecule has 1 aromatic carbocycles. The second-order valence-electron chi connectivity index (χ2n) is 11.0. The molecule has 0 spiro atoms. The van der Waals surface area contributed by atoms with Crippen LogP contribution in [0.25, 0.3) is 0 Å². The molecule has 234 valence electrons. The molecule has 0 saturated carbocycles. The van der Waals surface area contributed by atoms with Gasteiger partial charge >= 0.3 is 18.3 Å². The molecular weight excluding hydrogens is 595 g/mol. The van der Waals surface area contributed by atoms with E-state index in [0.717, 1.165) is 37.0 Å². The van der Waals surface area contributed by atoms with Crippen molar-refractivity contribution in [2.24, 2.45) is 0 Å². The summed E-state index contributed by atoms with van der Waals surface area (Å²) in [5.41, 5.74) is -0.735. The lowest BCUT2D eigenvalue weighted by atomic mass is 10.0. The van der Waals surface area contributed by atoms with E-state index in [1.54, 1.807) is 26.8 Å². The predicted octanol–water partition coefficient (Wildman–Crippen LogP) is 6.09. The Balaban J connectivity index is 1.37. The number of piperazine rings is 1. The molecule has 1 fully saturated rings. The fourth-order valence-electron chi connectivity index (χ4n) is 4.33. The first-order valence-corrected chi connectivity index (χ1v) is 14.8. The van der Waals surface area contributed by atoms with Crippen molar-refractivity contribution in [1.29, 1.82) is 0 Å². The van der Waals surface area contributed by atoms with Gasteiger partial charge in [-0.1, -0.05) is 30.2 Å². The summed E-state index contributed by atoms with van der Waals surface area (Å²) in [5.74, 6) is 6.02. The molecule has 3 heterocycles. The first-order chi connectivity index (χ1) is 20.8. The molecule has 10 nitrogen and oxygen atoms in total. The number of carbonyl (C=O) groups excluding carboxylic acids is 2.